The second kappa shape index (κ2) is 10.8. The van der Waals surface area contributed by atoms with Crippen molar-refractivity contribution in [2.75, 3.05) is 40.5 Å². The maximum Gasteiger partial charge on any atom is 0.256 e. The lowest BCUT2D eigenvalue weighted by Gasteiger charge is -2.24. The number of hydrogen-bond acceptors (Lipinski definition) is 8. The van der Waals surface area contributed by atoms with Crippen LogP contribution in [0.15, 0.2) is 46.4 Å². The van der Waals surface area contributed by atoms with E-state index in [1.54, 1.807) is 50.6 Å². The summed E-state index contributed by atoms with van der Waals surface area (Å²) in [6.07, 6.45) is 5.64. The van der Waals surface area contributed by atoms with E-state index in [1.165, 1.54) is 0 Å². The Morgan fingerprint density at radius 3 is 1.64 bits per heavy atom. The minimum Gasteiger partial charge on any atom is -0.497 e. The summed E-state index contributed by atoms with van der Waals surface area (Å²) in [5.74, 6) is 1.28. The van der Waals surface area contributed by atoms with E-state index in [0.717, 1.165) is 12.8 Å². The van der Waals surface area contributed by atoms with Gasteiger partial charge in [0.15, 0.2) is 0 Å². The minimum atomic E-state index is -0.200. The predicted molar refractivity (Wildman–Crippen MR) is 145 cm³/mol. The Kier molecular flexibility index (Phi) is 7.05. The van der Waals surface area contributed by atoms with Crippen molar-refractivity contribution in [3.05, 3.63) is 47.5 Å². The normalized spacial score (nSPS) is 25.1. The maximum absolute atomic E-state index is 13.1. The number of fused-ring (bicyclic) bond motifs is 4. The van der Waals surface area contributed by atoms with E-state index in [4.69, 9.17) is 18.9 Å². The predicted octanol–water partition coefficient (Wildman–Crippen LogP) is 3.43. The molecule has 6 rings (SSSR count). The number of hydrogen-bond donors (Lipinski definition) is 0. The molecule has 0 saturated carbocycles. The molecule has 4 aliphatic rings. The van der Waals surface area contributed by atoms with E-state index < -0.39 is 0 Å². The summed E-state index contributed by atoms with van der Waals surface area (Å²) in [6, 6.07) is 10.3. The lowest BCUT2D eigenvalue weighted by Crippen LogP contribution is -2.41. The fraction of sp³-hybridized carbons (Fsp3) is 0.448. The summed E-state index contributed by atoms with van der Waals surface area (Å²) < 4.78 is 23.0. The van der Waals surface area contributed by atoms with Gasteiger partial charge in [0, 0.05) is 50.9 Å². The molecule has 2 amide bonds. The van der Waals surface area contributed by atoms with Gasteiger partial charge < -0.3 is 28.7 Å². The molecule has 2 unspecified atom stereocenters. The van der Waals surface area contributed by atoms with Crippen molar-refractivity contribution in [2.45, 2.75) is 43.6 Å². The summed E-state index contributed by atoms with van der Waals surface area (Å²) in [5, 5.41) is 0. The van der Waals surface area contributed by atoms with Crippen LogP contribution in [0.5, 0.6) is 11.5 Å². The van der Waals surface area contributed by atoms with E-state index in [1.807, 2.05) is 22.2 Å². The van der Waals surface area contributed by atoms with Gasteiger partial charge in [-0.2, -0.15) is 0 Å². The fourth-order valence-electron chi connectivity index (χ4n) is 5.77. The Balaban J connectivity index is 1.01. The van der Waals surface area contributed by atoms with Crippen LogP contribution < -0.4 is 9.47 Å². The van der Waals surface area contributed by atoms with Crippen molar-refractivity contribution in [3.8, 4) is 11.5 Å². The number of nitrogens with zero attached hydrogens (tertiary/aromatic N) is 4. The Labute approximate surface area is 227 Å². The maximum atomic E-state index is 13.1. The molecule has 0 radical (unpaired) electrons. The lowest BCUT2D eigenvalue weighted by atomic mass is 10.1. The molecule has 2 fully saturated rings. The molecule has 0 N–H and O–H groups in total. The van der Waals surface area contributed by atoms with Gasteiger partial charge in [0.1, 0.15) is 11.5 Å². The molecule has 10 heteroatoms. The molecule has 39 heavy (non-hydrogen) atoms. The number of carbonyl (C=O) groups excluding carboxylic acids is 2. The van der Waals surface area contributed by atoms with Crippen LogP contribution in [-0.4, -0.2) is 98.9 Å². The average Bonchev–Trinajstić information content (AvgIpc) is 3.49. The summed E-state index contributed by atoms with van der Waals surface area (Å²) in [7, 11) is 3.19. The van der Waals surface area contributed by atoms with E-state index >= 15 is 0 Å². The van der Waals surface area contributed by atoms with Gasteiger partial charge in [-0.1, -0.05) is 0 Å². The van der Waals surface area contributed by atoms with Gasteiger partial charge in [0.2, 0.25) is 0 Å². The number of carbonyl (C=O) groups is 2. The van der Waals surface area contributed by atoms with E-state index in [9.17, 15) is 9.59 Å². The largest absolute Gasteiger partial charge is 0.497 e. The second-order valence-electron chi connectivity index (χ2n) is 10.1. The van der Waals surface area contributed by atoms with E-state index in [2.05, 4.69) is 9.98 Å². The highest BCUT2D eigenvalue weighted by molar-refractivity contribution is 6.04. The molecule has 2 saturated heterocycles. The molecule has 10 nitrogen and oxygen atoms in total. The van der Waals surface area contributed by atoms with Crippen molar-refractivity contribution >= 4 is 35.6 Å². The first-order chi connectivity index (χ1) is 19.1. The minimum absolute atomic E-state index is 0.0319. The van der Waals surface area contributed by atoms with Crippen LogP contribution in [0.1, 0.15) is 40.0 Å². The molecular weight excluding hydrogens is 500 g/mol. The number of benzene rings is 2. The number of ether oxygens (including phenoxy) is 4. The number of methoxy groups -OCH3 is 2. The van der Waals surface area contributed by atoms with Gasteiger partial charge in [-0.3, -0.25) is 19.6 Å². The standard InChI is InChI=1S/C29H32N4O6/c1-36-18-4-6-20-22(14-18)30-16-24-26(8-10-32(24)28(20)34)38-12-3-13-39-27-9-11-33-25(27)17-31-23-15-19(37-2)5-7-21(23)29(33)35/h4-7,14-17,24-27H,3,8-13H2,1-2H3/t24-,25-,26?,27?/m1/s1. The number of aliphatic imine (C=N–C) groups is 2. The molecular formula is C29H32N4O6. The van der Waals surface area contributed by atoms with Gasteiger partial charge in [-0.15, -0.1) is 0 Å². The molecule has 4 atom stereocenters. The highest BCUT2D eigenvalue weighted by Gasteiger charge is 2.40. The van der Waals surface area contributed by atoms with Crippen LogP contribution in [0.4, 0.5) is 11.4 Å². The zero-order chi connectivity index (χ0) is 26.9. The highest BCUT2D eigenvalue weighted by atomic mass is 16.5. The van der Waals surface area contributed by atoms with Crippen LogP contribution in [0.25, 0.3) is 0 Å². The average molecular weight is 533 g/mol. The Morgan fingerprint density at radius 1 is 0.744 bits per heavy atom. The first-order valence-corrected chi connectivity index (χ1v) is 13.4. The first kappa shape index (κ1) is 25.5. The number of rotatable bonds is 8. The van der Waals surface area contributed by atoms with E-state index in [0.29, 0.717) is 66.7 Å². The smallest absolute Gasteiger partial charge is 0.256 e. The molecule has 2 aromatic carbocycles. The van der Waals surface area contributed by atoms with Crippen LogP contribution in [0.2, 0.25) is 0 Å². The quantitative estimate of drug-likeness (QED) is 0.483. The summed E-state index contributed by atoms with van der Waals surface area (Å²) in [4.78, 5) is 39.1. The third-order valence-electron chi connectivity index (χ3n) is 7.87. The fourth-order valence-corrected chi connectivity index (χ4v) is 5.77. The molecule has 0 aromatic heterocycles. The van der Waals surface area contributed by atoms with Crippen molar-refractivity contribution < 1.29 is 28.5 Å². The molecule has 2 aromatic rings. The van der Waals surface area contributed by atoms with Crippen molar-refractivity contribution in [1.29, 1.82) is 0 Å². The Hall–Kier alpha value is -3.76. The second-order valence-corrected chi connectivity index (χ2v) is 10.1. The third-order valence-corrected chi connectivity index (χ3v) is 7.87. The van der Waals surface area contributed by atoms with Gasteiger partial charge in [-0.25, -0.2) is 0 Å². The summed E-state index contributed by atoms with van der Waals surface area (Å²) in [5.41, 5.74) is 2.40. The lowest BCUT2D eigenvalue weighted by molar-refractivity contribution is 0.00711. The molecule has 0 bridgehead atoms. The van der Waals surface area contributed by atoms with Crippen molar-refractivity contribution in [1.82, 2.24) is 9.80 Å². The first-order valence-electron chi connectivity index (χ1n) is 13.4. The van der Waals surface area contributed by atoms with Crippen molar-refractivity contribution in [3.63, 3.8) is 0 Å². The van der Waals surface area contributed by atoms with Gasteiger partial charge in [0.25, 0.3) is 11.8 Å². The zero-order valence-electron chi connectivity index (χ0n) is 22.1. The van der Waals surface area contributed by atoms with E-state index in [-0.39, 0.29) is 36.1 Å². The number of amides is 2. The van der Waals surface area contributed by atoms with Crippen molar-refractivity contribution in [2.24, 2.45) is 9.98 Å². The van der Waals surface area contributed by atoms with Crippen LogP contribution in [-0.2, 0) is 9.47 Å². The Bertz CT molecular complexity index is 1230. The third kappa shape index (κ3) is 4.79. The highest BCUT2D eigenvalue weighted by Crippen LogP contribution is 2.34. The van der Waals surface area contributed by atoms with Crippen LogP contribution >= 0.6 is 0 Å². The summed E-state index contributed by atoms with van der Waals surface area (Å²) >= 11 is 0. The molecule has 0 spiro atoms. The molecule has 204 valence electrons. The SMILES string of the molecule is COc1ccc2c(c1)N=C[C@@H]1C(OCCCOC3CCN4C(=O)c5ccc(OC)cc5N=C[C@H]34)CCN1C2=O. The van der Waals surface area contributed by atoms with Crippen LogP contribution in [0, 0.1) is 0 Å². The molecule has 4 heterocycles. The van der Waals surface area contributed by atoms with Gasteiger partial charge in [-0.05, 0) is 43.5 Å². The monoisotopic (exact) mass is 532 g/mol. The Morgan fingerprint density at radius 2 is 1.21 bits per heavy atom. The van der Waals surface area contributed by atoms with Gasteiger partial charge >= 0.3 is 0 Å². The molecule has 0 aliphatic carbocycles. The van der Waals surface area contributed by atoms with Gasteiger partial charge in [0.05, 0.1) is 61.0 Å². The summed E-state index contributed by atoms with van der Waals surface area (Å²) in [6.45, 7) is 2.28. The zero-order valence-corrected chi connectivity index (χ0v) is 22.1. The molecule has 4 aliphatic heterocycles. The van der Waals surface area contributed by atoms with Crippen LogP contribution in [0.3, 0.4) is 0 Å². The topological polar surface area (TPSA) is 102 Å².